The van der Waals surface area contributed by atoms with Crippen molar-refractivity contribution in [1.29, 1.82) is 0 Å². The van der Waals surface area contributed by atoms with Crippen molar-refractivity contribution in [3.8, 4) is 0 Å². The van der Waals surface area contributed by atoms with Crippen LogP contribution in [0, 0.1) is 0 Å². The van der Waals surface area contributed by atoms with E-state index in [0.29, 0.717) is 10.6 Å². The molecule has 0 unspecified atom stereocenters. The average molecular weight is 346 g/mol. The molecule has 0 radical (unpaired) electrons. The second kappa shape index (κ2) is 6.23. The van der Waals surface area contributed by atoms with Crippen LogP contribution in [0.5, 0.6) is 0 Å². The van der Waals surface area contributed by atoms with Crippen molar-refractivity contribution in [2.75, 3.05) is 0 Å². The van der Waals surface area contributed by atoms with Crippen LogP contribution in [-0.2, 0) is 7.05 Å². The highest BCUT2D eigenvalue weighted by molar-refractivity contribution is 6.30. The van der Waals surface area contributed by atoms with Crippen LogP contribution in [0.1, 0.15) is 15.9 Å². The van der Waals surface area contributed by atoms with E-state index in [1.807, 2.05) is 18.2 Å². The van der Waals surface area contributed by atoms with Gasteiger partial charge in [0.25, 0.3) is 0 Å². The Morgan fingerprint density at radius 2 is 1.64 bits per heavy atom. The van der Waals surface area contributed by atoms with Gasteiger partial charge in [0.1, 0.15) is 0 Å². The highest BCUT2D eigenvalue weighted by Crippen LogP contribution is 2.28. The van der Waals surface area contributed by atoms with Gasteiger partial charge in [-0.3, -0.25) is 4.79 Å². The Labute approximate surface area is 151 Å². The number of rotatable bonds is 3. The first-order chi connectivity index (χ1) is 12.1. The van der Waals surface area contributed by atoms with Gasteiger partial charge in [-0.15, -0.1) is 0 Å². The van der Waals surface area contributed by atoms with Crippen molar-refractivity contribution < 1.29 is 4.79 Å². The minimum atomic E-state index is -0.0335. The molecule has 0 aliphatic heterocycles. The minimum absolute atomic E-state index is 0.0335. The lowest BCUT2D eigenvalue weighted by atomic mass is 10.1. The fourth-order valence-corrected chi connectivity index (χ4v) is 3.29. The molecule has 0 bridgehead atoms. The van der Waals surface area contributed by atoms with E-state index in [0.717, 1.165) is 11.1 Å². The van der Waals surface area contributed by atoms with Crippen molar-refractivity contribution in [2.45, 2.75) is 0 Å². The number of carbonyl (C=O) groups is 1. The first kappa shape index (κ1) is 15.7. The van der Waals surface area contributed by atoms with Gasteiger partial charge in [-0.1, -0.05) is 48.0 Å². The molecule has 3 aromatic carbocycles. The first-order valence-corrected chi connectivity index (χ1v) is 8.46. The maximum atomic E-state index is 12.3. The van der Waals surface area contributed by atoms with E-state index in [4.69, 9.17) is 11.6 Å². The summed E-state index contributed by atoms with van der Waals surface area (Å²) in [7, 11) is 2.07. The second-order valence-electron chi connectivity index (χ2n) is 6.06. The fraction of sp³-hybridized carbons (Fsp3) is 0.0455. The minimum Gasteiger partial charge on any atom is -0.344 e. The molecular formula is C22H16ClNO. The van der Waals surface area contributed by atoms with Gasteiger partial charge < -0.3 is 4.57 Å². The number of carbonyl (C=O) groups excluding carboxylic acids is 1. The summed E-state index contributed by atoms with van der Waals surface area (Å²) in [6, 6.07) is 21.6. The number of fused-ring (bicyclic) bond motifs is 3. The van der Waals surface area contributed by atoms with Gasteiger partial charge in [-0.2, -0.15) is 0 Å². The zero-order valence-corrected chi connectivity index (χ0v) is 14.5. The summed E-state index contributed by atoms with van der Waals surface area (Å²) in [6.07, 6.45) is 3.46. The molecule has 1 heterocycles. The van der Waals surface area contributed by atoms with Crippen molar-refractivity contribution >= 4 is 45.3 Å². The number of halogens is 1. The smallest absolute Gasteiger partial charge is 0.185 e. The van der Waals surface area contributed by atoms with Gasteiger partial charge >= 0.3 is 0 Å². The van der Waals surface area contributed by atoms with E-state index < -0.39 is 0 Å². The van der Waals surface area contributed by atoms with E-state index in [2.05, 4.69) is 41.9 Å². The van der Waals surface area contributed by atoms with Crippen LogP contribution in [0.4, 0.5) is 0 Å². The molecule has 1 aromatic heterocycles. The number of hydrogen-bond donors (Lipinski definition) is 0. The Balaban J connectivity index is 1.70. The highest BCUT2D eigenvalue weighted by Gasteiger charge is 2.07. The van der Waals surface area contributed by atoms with Gasteiger partial charge in [0, 0.05) is 39.4 Å². The molecule has 3 heteroatoms. The number of hydrogen-bond acceptors (Lipinski definition) is 1. The molecule has 4 rings (SSSR count). The third-order valence-electron chi connectivity index (χ3n) is 4.49. The van der Waals surface area contributed by atoms with Crippen LogP contribution < -0.4 is 0 Å². The summed E-state index contributed by atoms with van der Waals surface area (Å²) in [5, 5.41) is 3.09. The molecule has 0 fully saturated rings. The van der Waals surface area contributed by atoms with E-state index in [9.17, 15) is 4.79 Å². The van der Waals surface area contributed by atoms with E-state index in [1.165, 1.54) is 16.3 Å². The van der Waals surface area contributed by atoms with Gasteiger partial charge in [0.15, 0.2) is 5.78 Å². The molecule has 0 amide bonds. The van der Waals surface area contributed by atoms with Crippen molar-refractivity contribution in [1.82, 2.24) is 4.57 Å². The fourth-order valence-electron chi connectivity index (χ4n) is 3.16. The SMILES string of the molecule is Cn1c2ccccc2c2ccc(C=CC(=O)c3ccc(Cl)cc3)cc21. The largest absolute Gasteiger partial charge is 0.344 e. The van der Waals surface area contributed by atoms with Crippen molar-refractivity contribution in [3.63, 3.8) is 0 Å². The number of aryl methyl sites for hydroxylation is 1. The highest BCUT2D eigenvalue weighted by atomic mass is 35.5. The topological polar surface area (TPSA) is 22.0 Å². The third kappa shape index (κ3) is 2.86. The molecule has 0 saturated carbocycles. The lowest BCUT2D eigenvalue weighted by molar-refractivity contribution is 0.104. The molecule has 25 heavy (non-hydrogen) atoms. The molecule has 0 aliphatic carbocycles. The molecule has 0 saturated heterocycles. The van der Waals surface area contributed by atoms with Gasteiger partial charge in [-0.25, -0.2) is 0 Å². The normalized spacial score (nSPS) is 11.6. The number of ketones is 1. The summed E-state index contributed by atoms with van der Waals surface area (Å²) in [6.45, 7) is 0. The van der Waals surface area contributed by atoms with Crippen LogP contribution in [-0.4, -0.2) is 10.4 Å². The zero-order valence-electron chi connectivity index (χ0n) is 13.7. The molecule has 2 nitrogen and oxygen atoms in total. The lowest BCUT2D eigenvalue weighted by Gasteiger charge is -2.00. The van der Waals surface area contributed by atoms with Crippen LogP contribution in [0.3, 0.4) is 0 Å². The average Bonchev–Trinajstić information content (AvgIpc) is 2.93. The molecular weight excluding hydrogens is 330 g/mol. The predicted octanol–water partition coefficient (Wildman–Crippen LogP) is 5.88. The number of nitrogens with zero attached hydrogens (tertiary/aromatic N) is 1. The molecule has 0 N–H and O–H groups in total. The summed E-state index contributed by atoms with van der Waals surface area (Å²) < 4.78 is 2.18. The second-order valence-corrected chi connectivity index (χ2v) is 6.49. The molecule has 0 aliphatic rings. The Hall–Kier alpha value is -2.84. The van der Waals surface area contributed by atoms with E-state index in [1.54, 1.807) is 30.3 Å². The maximum Gasteiger partial charge on any atom is 0.185 e. The number of aromatic nitrogens is 1. The predicted molar refractivity (Wildman–Crippen MR) is 105 cm³/mol. The van der Waals surface area contributed by atoms with Crippen molar-refractivity contribution in [2.24, 2.45) is 7.05 Å². The number of para-hydroxylation sites is 1. The standard InChI is InChI=1S/C22H16ClNO/c1-24-20-5-3-2-4-18(20)19-12-6-15(14-21(19)24)7-13-22(25)16-8-10-17(23)11-9-16/h2-14H,1H3. The Morgan fingerprint density at radius 3 is 2.44 bits per heavy atom. The molecule has 4 aromatic rings. The monoisotopic (exact) mass is 345 g/mol. The Morgan fingerprint density at radius 1 is 0.920 bits per heavy atom. The third-order valence-corrected chi connectivity index (χ3v) is 4.75. The van der Waals surface area contributed by atoms with E-state index in [-0.39, 0.29) is 5.78 Å². The summed E-state index contributed by atoms with van der Waals surface area (Å²) >= 11 is 5.86. The van der Waals surface area contributed by atoms with Crippen LogP contribution in [0.2, 0.25) is 5.02 Å². The van der Waals surface area contributed by atoms with Crippen LogP contribution >= 0.6 is 11.6 Å². The van der Waals surface area contributed by atoms with Crippen LogP contribution in [0.15, 0.2) is 72.8 Å². The van der Waals surface area contributed by atoms with E-state index >= 15 is 0 Å². The van der Waals surface area contributed by atoms with Crippen LogP contribution in [0.25, 0.3) is 27.9 Å². The van der Waals surface area contributed by atoms with Gasteiger partial charge in [0.2, 0.25) is 0 Å². The maximum absolute atomic E-state index is 12.3. The summed E-state index contributed by atoms with van der Waals surface area (Å²) in [5.41, 5.74) is 3.99. The molecule has 0 spiro atoms. The first-order valence-electron chi connectivity index (χ1n) is 8.08. The lowest BCUT2D eigenvalue weighted by Crippen LogP contribution is -1.93. The van der Waals surface area contributed by atoms with Crippen molar-refractivity contribution in [3.05, 3.63) is 89.0 Å². The summed E-state index contributed by atoms with van der Waals surface area (Å²) in [5.74, 6) is -0.0335. The number of allylic oxidation sites excluding steroid dienone is 1. The summed E-state index contributed by atoms with van der Waals surface area (Å²) in [4.78, 5) is 12.3. The molecule has 122 valence electrons. The zero-order chi connectivity index (χ0) is 17.4. The Bertz CT molecular complexity index is 1120. The van der Waals surface area contributed by atoms with Gasteiger partial charge in [0.05, 0.1) is 0 Å². The Kier molecular flexibility index (Phi) is 3.90. The number of benzene rings is 3. The van der Waals surface area contributed by atoms with Gasteiger partial charge in [-0.05, 0) is 48.0 Å². The quantitative estimate of drug-likeness (QED) is 0.335. The molecule has 0 atom stereocenters.